The van der Waals surface area contributed by atoms with Gasteiger partial charge in [-0.2, -0.15) is 0 Å². The summed E-state index contributed by atoms with van der Waals surface area (Å²) in [4.78, 5) is 3.78. The highest BCUT2D eigenvalue weighted by atomic mass is 16.5. The molecular formula is C9H21N3O. The number of hydroxylamine groups is 1. The fraction of sp³-hybridized carbons (Fsp3) is 0.889. The predicted molar refractivity (Wildman–Crippen MR) is 55.0 cm³/mol. The van der Waals surface area contributed by atoms with Crippen molar-refractivity contribution >= 4 is 5.96 Å². The van der Waals surface area contributed by atoms with E-state index in [1.165, 1.54) is 0 Å². The first-order chi connectivity index (χ1) is 5.99. The Hall–Kier alpha value is -0.770. The van der Waals surface area contributed by atoms with Crippen molar-refractivity contribution in [1.29, 1.82) is 0 Å². The molecule has 0 aliphatic rings. The number of hydrogen-bond acceptors (Lipinski definition) is 2. The van der Waals surface area contributed by atoms with Gasteiger partial charge in [-0.15, -0.1) is 0 Å². The first-order valence-corrected chi connectivity index (χ1v) is 4.60. The monoisotopic (exact) mass is 187 g/mol. The minimum Gasteiger partial charge on any atom is -0.355 e. The van der Waals surface area contributed by atoms with Gasteiger partial charge in [0, 0.05) is 13.6 Å². The molecule has 4 nitrogen and oxygen atoms in total. The highest BCUT2D eigenvalue weighted by Crippen LogP contribution is 2.19. The maximum atomic E-state index is 8.54. The lowest BCUT2D eigenvalue weighted by Crippen LogP contribution is -2.35. The SMILES string of the molecule is CN=C(NO)NCCCC(C)(C)C. The summed E-state index contributed by atoms with van der Waals surface area (Å²) in [5.41, 5.74) is 2.36. The molecule has 0 atom stereocenters. The third-order valence-electron chi connectivity index (χ3n) is 1.73. The molecule has 0 heterocycles. The Bertz CT molecular complexity index is 161. The summed E-state index contributed by atoms with van der Waals surface area (Å²) in [5, 5.41) is 11.5. The van der Waals surface area contributed by atoms with E-state index < -0.39 is 0 Å². The average Bonchev–Trinajstić information content (AvgIpc) is 2.03. The first-order valence-electron chi connectivity index (χ1n) is 4.60. The summed E-state index contributed by atoms with van der Waals surface area (Å²) in [6.07, 6.45) is 2.23. The lowest BCUT2D eigenvalue weighted by atomic mass is 9.91. The minimum absolute atomic E-state index is 0.373. The molecule has 0 aromatic carbocycles. The molecule has 0 aromatic rings. The quantitative estimate of drug-likeness (QED) is 0.271. The van der Waals surface area contributed by atoms with Crippen molar-refractivity contribution in [3.63, 3.8) is 0 Å². The topological polar surface area (TPSA) is 56.7 Å². The Labute approximate surface area is 80.4 Å². The lowest BCUT2D eigenvalue weighted by molar-refractivity contribution is 0.229. The van der Waals surface area contributed by atoms with E-state index in [-0.39, 0.29) is 0 Å². The number of rotatable bonds is 3. The van der Waals surface area contributed by atoms with Crippen molar-refractivity contribution < 1.29 is 5.21 Å². The highest BCUT2D eigenvalue weighted by molar-refractivity contribution is 5.78. The van der Waals surface area contributed by atoms with Gasteiger partial charge in [-0.05, 0) is 18.3 Å². The molecule has 0 radical (unpaired) electrons. The third kappa shape index (κ3) is 7.59. The van der Waals surface area contributed by atoms with Gasteiger partial charge in [0.1, 0.15) is 0 Å². The van der Waals surface area contributed by atoms with Crippen LogP contribution in [0.4, 0.5) is 0 Å². The van der Waals surface area contributed by atoms with E-state index >= 15 is 0 Å². The molecule has 0 aromatic heterocycles. The summed E-state index contributed by atoms with van der Waals surface area (Å²) in [7, 11) is 1.62. The van der Waals surface area contributed by atoms with Crippen molar-refractivity contribution in [3.8, 4) is 0 Å². The Balaban J connectivity index is 3.46. The fourth-order valence-corrected chi connectivity index (χ4v) is 0.994. The minimum atomic E-state index is 0.373. The molecule has 0 bridgehead atoms. The third-order valence-corrected chi connectivity index (χ3v) is 1.73. The van der Waals surface area contributed by atoms with Crippen LogP contribution >= 0.6 is 0 Å². The van der Waals surface area contributed by atoms with Crippen LogP contribution in [-0.4, -0.2) is 24.8 Å². The van der Waals surface area contributed by atoms with Gasteiger partial charge in [0.05, 0.1) is 0 Å². The van der Waals surface area contributed by atoms with Crippen LogP contribution < -0.4 is 10.8 Å². The van der Waals surface area contributed by atoms with Crippen LogP contribution in [0.3, 0.4) is 0 Å². The second-order valence-corrected chi connectivity index (χ2v) is 4.28. The van der Waals surface area contributed by atoms with Crippen molar-refractivity contribution in [2.45, 2.75) is 33.6 Å². The van der Waals surface area contributed by atoms with Crippen LogP contribution in [0.15, 0.2) is 4.99 Å². The van der Waals surface area contributed by atoms with Crippen LogP contribution in [0.5, 0.6) is 0 Å². The zero-order valence-electron chi connectivity index (χ0n) is 9.02. The van der Waals surface area contributed by atoms with Crippen molar-refractivity contribution in [2.24, 2.45) is 10.4 Å². The normalized spacial score (nSPS) is 12.8. The molecule has 0 spiro atoms. The average molecular weight is 187 g/mol. The van der Waals surface area contributed by atoms with Gasteiger partial charge in [0.15, 0.2) is 0 Å². The van der Waals surface area contributed by atoms with Gasteiger partial charge in [-0.25, -0.2) is 5.48 Å². The van der Waals surface area contributed by atoms with Crippen LogP contribution in [0, 0.1) is 5.41 Å². The van der Waals surface area contributed by atoms with Crippen molar-refractivity contribution in [1.82, 2.24) is 10.8 Å². The second-order valence-electron chi connectivity index (χ2n) is 4.28. The van der Waals surface area contributed by atoms with E-state index in [2.05, 4.69) is 31.1 Å². The van der Waals surface area contributed by atoms with E-state index in [9.17, 15) is 0 Å². The number of hydrogen-bond donors (Lipinski definition) is 3. The molecule has 4 heteroatoms. The molecule has 3 N–H and O–H groups in total. The molecule has 0 aliphatic heterocycles. The molecule has 0 saturated carbocycles. The predicted octanol–water partition coefficient (Wildman–Crippen LogP) is 1.37. The summed E-state index contributed by atoms with van der Waals surface area (Å²) in [6, 6.07) is 0. The standard InChI is InChI=1S/C9H21N3O/c1-9(2,3)6-5-7-11-8(10-4)12-13/h13H,5-7H2,1-4H3,(H2,10,11,12). The maximum absolute atomic E-state index is 8.54. The lowest BCUT2D eigenvalue weighted by Gasteiger charge is -2.17. The number of guanidine groups is 1. The Morgan fingerprint density at radius 2 is 2.00 bits per heavy atom. The van der Waals surface area contributed by atoms with Crippen LogP contribution in [0.1, 0.15) is 33.6 Å². The van der Waals surface area contributed by atoms with Crippen molar-refractivity contribution in [2.75, 3.05) is 13.6 Å². The fourth-order valence-electron chi connectivity index (χ4n) is 0.994. The van der Waals surface area contributed by atoms with Crippen LogP contribution in [0.25, 0.3) is 0 Å². The van der Waals surface area contributed by atoms with Gasteiger partial charge in [-0.3, -0.25) is 10.2 Å². The first kappa shape index (κ1) is 12.2. The largest absolute Gasteiger partial charge is 0.355 e. The zero-order valence-corrected chi connectivity index (χ0v) is 9.02. The Morgan fingerprint density at radius 3 is 2.38 bits per heavy atom. The van der Waals surface area contributed by atoms with E-state index in [1.54, 1.807) is 7.05 Å². The molecule has 0 rings (SSSR count). The molecule has 0 fully saturated rings. The van der Waals surface area contributed by atoms with Gasteiger partial charge >= 0.3 is 0 Å². The number of nitrogens with one attached hydrogen (secondary N) is 2. The second kappa shape index (κ2) is 5.80. The Kier molecular flexibility index (Phi) is 5.46. The van der Waals surface area contributed by atoms with E-state index in [4.69, 9.17) is 5.21 Å². The molecular weight excluding hydrogens is 166 g/mol. The summed E-state index contributed by atoms with van der Waals surface area (Å²) >= 11 is 0. The molecule has 0 unspecified atom stereocenters. The Morgan fingerprint density at radius 1 is 1.38 bits per heavy atom. The summed E-state index contributed by atoms with van der Waals surface area (Å²) in [5.74, 6) is 0.425. The van der Waals surface area contributed by atoms with E-state index in [0.717, 1.165) is 19.4 Å². The van der Waals surface area contributed by atoms with Crippen molar-refractivity contribution in [3.05, 3.63) is 0 Å². The number of nitrogens with zero attached hydrogens (tertiary/aromatic N) is 1. The molecule has 0 saturated heterocycles. The van der Waals surface area contributed by atoms with Gasteiger partial charge < -0.3 is 5.32 Å². The van der Waals surface area contributed by atoms with Crippen LogP contribution in [-0.2, 0) is 0 Å². The summed E-state index contributed by atoms with van der Waals surface area (Å²) in [6.45, 7) is 7.47. The molecule has 0 aliphatic carbocycles. The maximum Gasteiger partial charge on any atom is 0.215 e. The molecule has 0 amide bonds. The van der Waals surface area contributed by atoms with E-state index in [0.29, 0.717) is 11.4 Å². The highest BCUT2D eigenvalue weighted by Gasteiger charge is 2.08. The smallest absolute Gasteiger partial charge is 0.215 e. The van der Waals surface area contributed by atoms with E-state index in [1.807, 2.05) is 5.48 Å². The number of aliphatic imine (C=N–C) groups is 1. The van der Waals surface area contributed by atoms with Gasteiger partial charge in [0.2, 0.25) is 5.96 Å². The van der Waals surface area contributed by atoms with Gasteiger partial charge in [-0.1, -0.05) is 20.8 Å². The summed E-state index contributed by atoms with van der Waals surface area (Å²) < 4.78 is 0. The van der Waals surface area contributed by atoms with Crippen LogP contribution in [0.2, 0.25) is 0 Å². The zero-order chi connectivity index (χ0) is 10.3. The molecule has 13 heavy (non-hydrogen) atoms. The van der Waals surface area contributed by atoms with Gasteiger partial charge in [0.25, 0.3) is 0 Å². The molecule has 78 valence electrons.